The van der Waals surface area contributed by atoms with Crippen molar-refractivity contribution >= 4 is 28.3 Å². The minimum Gasteiger partial charge on any atom is -0.480 e. The number of aryl methyl sites for hydroxylation is 2. The number of hydrogen-bond acceptors (Lipinski definition) is 8. The van der Waals surface area contributed by atoms with Gasteiger partial charge in [-0.15, -0.1) is 0 Å². The molecular weight excluding hydrogens is 482 g/mol. The van der Waals surface area contributed by atoms with Crippen LogP contribution in [-0.2, 0) is 4.79 Å². The number of benzene rings is 2. The summed E-state index contributed by atoms with van der Waals surface area (Å²) < 4.78 is 12.2. The number of fused-ring (bicyclic) bond motifs is 1. The average Bonchev–Trinajstić information content (AvgIpc) is 3.40. The first-order valence-electron chi connectivity index (χ1n) is 12.7. The van der Waals surface area contributed by atoms with Gasteiger partial charge >= 0.3 is 0 Å². The molecule has 0 radical (unpaired) electrons. The van der Waals surface area contributed by atoms with Crippen LogP contribution in [0.3, 0.4) is 0 Å². The summed E-state index contributed by atoms with van der Waals surface area (Å²) in [5.41, 5.74) is 3.38. The third-order valence-corrected chi connectivity index (χ3v) is 6.70. The number of rotatable bonds is 8. The molecule has 196 valence electrons. The summed E-state index contributed by atoms with van der Waals surface area (Å²) >= 11 is 0. The summed E-state index contributed by atoms with van der Waals surface area (Å²) in [5, 5.41) is 13.7. The predicted molar refractivity (Wildman–Crippen MR) is 145 cm³/mol. The molecule has 2 aromatic carbocycles. The first kappa shape index (κ1) is 25.4. The Hall–Kier alpha value is -4.24. The number of likely N-dealkylation sites (tertiary alicyclic amines) is 1. The number of carbonyl (C=O) groups excluding carboxylic acids is 1. The fraction of sp³-hybridized carbons (Fsp3) is 0.310. The number of aromatic nitrogens is 3. The lowest BCUT2D eigenvalue weighted by molar-refractivity contribution is -0.139. The Morgan fingerprint density at radius 2 is 2.00 bits per heavy atom. The molecule has 1 fully saturated rings. The zero-order valence-electron chi connectivity index (χ0n) is 21.7. The maximum absolute atomic E-state index is 13.1. The zero-order chi connectivity index (χ0) is 26.6. The first-order valence-corrected chi connectivity index (χ1v) is 12.7. The van der Waals surface area contributed by atoms with Gasteiger partial charge in [0, 0.05) is 17.9 Å². The largest absolute Gasteiger partial charge is 0.480 e. The highest BCUT2D eigenvalue weighted by molar-refractivity contribution is 5.96. The second kappa shape index (κ2) is 11.0. The maximum atomic E-state index is 13.1. The van der Waals surface area contributed by atoms with E-state index in [1.54, 1.807) is 18.0 Å². The van der Waals surface area contributed by atoms with Gasteiger partial charge < -0.3 is 24.8 Å². The van der Waals surface area contributed by atoms with Gasteiger partial charge in [-0.1, -0.05) is 6.07 Å². The molecule has 38 heavy (non-hydrogen) atoms. The summed E-state index contributed by atoms with van der Waals surface area (Å²) in [6, 6.07) is 15.0. The molecule has 0 bridgehead atoms. The number of aliphatic hydroxyl groups is 1. The van der Waals surface area contributed by atoms with Gasteiger partial charge in [-0.05, 0) is 81.6 Å². The topological polar surface area (TPSA) is 110 Å². The van der Waals surface area contributed by atoms with Crippen LogP contribution in [-0.4, -0.2) is 56.2 Å². The van der Waals surface area contributed by atoms with Crippen LogP contribution < -0.4 is 14.8 Å². The monoisotopic (exact) mass is 513 g/mol. The van der Waals surface area contributed by atoms with E-state index in [0.29, 0.717) is 34.8 Å². The molecule has 1 amide bonds. The molecule has 1 saturated heterocycles. The van der Waals surface area contributed by atoms with Gasteiger partial charge in [0.05, 0.1) is 29.7 Å². The van der Waals surface area contributed by atoms with Crippen molar-refractivity contribution in [2.24, 2.45) is 0 Å². The van der Waals surface area contributed by atoms with Gasteiger partial charge in [-0.25, -0.2) is 9.97 Å². The number of anilines is 2. The Morgan fingerprint density at radius 1 is 1.13 bits per heavy atom. The van der Waals surface area contributed by atoms with E-state index in [-0.39, 0.29) is 18.6 Å². The molecule has 1 aliphatic rings. The van der Waals surface area contributed by atoms with Crippen molar-refractivity contribution < 1.29 is 19.4 Å². The Balaban J connectivity index is 1.38. The number of hydrogen-bond donors (Lipinski definition) is 2. The number of nitrogens with zero attached hydrogens (tertiary/aromatic N) is 4. The number of amides is 1. The molecule has 2 atom stereocenters. The molecule has 4 aromatic rings. The Bertz CT molecular complexity index is 1440. The molecule has 5 rings (SSSR count). The predicted octanol–water partition coefficient (Wildman–Crippen LogP) is 4.93. The van der Waals surface area contributed by atoms with E-state index in [1.165, 1.54) is 6.33 Å². The van der Waals surface area contributed by atoms with Crippen molar-refractivity contribution in [2.45, 2.75) is 45.8 Å². The van der Waals surface area contributed by atoms with E-state index >= 15 is 0 Å². The lowest BCUT2D eigenvalue weighted by Gasteiger charge is -2.26. The van der Waals surface area contributed by atoms with Crippen molar-refractivity contribution in [3.05, 3.63) is 72.3 Å². The van der Waals surface area contributed by atoms with Gasteiger partial charge in [-0.3, -0.25) is 9.78 Å². The highest BCUT2D eigenvalue weighted by Gasteiger charge is 2.32. The first-order chi connectivity index (χ1) is 18.4. The van der Waals surface area contributed by atoms with Crippen LogP contribution in [0.1, 0.15) is 31.0 Å². The number of carbonyl (C=O) groups is 1. The Kier molecular flexibility index (Phi) is 7.37. The van der Waals surface area contributed by atoms with Crippen LogP contribution in [0.2, 0.25) is 0 Å². The van der Waals surface area contributed by atoms with E-state index < -0.39 is 6.10 Å². The highest BCUT2D eigenvalue weighted by atomic mass is 16.5. The molecular formula is C29H31N5O4. The van der Waals surface area contributed by atoms with Crippen LogP contribution in [0.15, 0.2) is 61.1 Å². The second-order valence-corrected chi connectivity index (χ2v) is 9.49. The van der Waals surface area contributed by atoms with Crippen LogP contribution in [0.5, 0.6) is 17.2 Å². The van der Waals surface area contributed by atoms with Crippen LogP contribution in [0.25, 0.3) is 10.9 Å². The highest BCUT2D eigenvalue weighted by Crippen LogP contribution is 2.34. The van der Waals surface area contributed by atoms with Gasteiger partial charge in [0.15, 0.2) is 6.10 Å². The minimum atomic E-state index is -0.726. The van der Waals surface area contributed by atoms with Crippen molar-refractivity contribution in [1.29, 1.82) is 0 Å². The molecule has 9 heteroatoms. The van der Waals surface area contributed by atoms with Crippen LogP contribution in [0, 0.1) is 13.8 Å². The summed E-state index contributed by atoms with van der Waals surface area (Å²) in [6.45, 7) is 6.22. The minimum absolute atomic E-state index is 0.0419. The second-order valence-electron chi connectivity index (χ2n) is 9.49. The van der Waals surface area contributed by atoms with Gasteiger partial charge in [0.1, 0.15) is 29.4 Å². The smallest absolute Gasteiger partial charge is 0.263 e. The third kappa shape index (κ3) is 5.38. The van der Waals surface area contributed by atoms with Gasteiger partial charge in [-0.2, -0.15) is 0 Å². The molecule has 0 aliphatic carbocycles. The van der Waals surface area contributed by atoms with Crippen LogP contribution >= 0.6 is 0 Å². The van der Waals surface area contributed by atoms with Crippen molar-refractivity contribution in [2.75, 3.05) is 18.5 Å². The van der Waals surface area contributed by atoms with Crippen molar-refractivity contribution in [3.63, 3.8) is 0 Å². The summed E-state index contributed by atoms with van der Waals surface area (Å²) in [6.07, 6.45) is 4.15. The molecule has 9 nitrogen and oxygen atoms in total. The molecule has 1 unspecified atom stereocenters. The fourth-order valence-corrected chi connectivity index (χ4v) is 4.68. The summed E-state index contributed by atoms with van der Waals surface area (Å²) in [5.74, 6) is 2.34. The van der Waals surface area contributed by atoms with E-state index in [4.69, 9.17) is 9.47 Å². The summed E-state index contributed by atoms with van der Waals surface area (Å²) in [7, 11) is 0. The van der Waals surface area contributed by atoms with Crippen LogP contribution in [0.4, 0.5) is 11.5 Å². The summed E-state index contributed by atoms with van der Waals surface area (Å²) in [4.78, 5) is 27.9. The van der Waals surface area contributed by atoms with Gasteiger partial charge in [0.25, 0.3) is 5.91 Å². The fourth-order valence-electron chi connectivity index (χ4n) is 4.68. The lowest BCUT2D eigenvalue weighted by Crippen LogP contribution is -2.44. The van der Waals surface area contributed by atoms with Gasteiger partial charge in [0.2, 0.25) is 0 Å². The number of ether oxygens (including phenoxy) is 2. The molecule has 0 spiro atoms. The standard InChI is InChI=1S/C29H31N5O4/c1-18-14-21(10-12-25(18)38-23-11-9-19(2)30-15-23)33-28-27-24(31-17-32-28)7-4-8-26(27)37-20(3)29(36)34-13-5-6-22(34)16-35/h4,7-12,14-15,17,20,22,35H,5-6,13,16H2,1-3H3,(H,31,32,33)/t20-,22?/m1/s1. The molecule has 2 N–H and O–H groups in total. The molecule has 1 aliphatic heterocycles. The van der Waals surface area contributed by atoms with E-state index in [1.807, 2.05) is 62.4 Å². The van der Waals surface area contributed by atoms with Crippen molar-refractivity contribution in [3.8, 4) is 17.2 Å². The molecule has 3 heterocycles. The number of pyridine rings is 1. The quantitative estimate of drug-likeness (QED) is 0.341. The lowest BCUT2D eigenvalue weighted by atomic mass is 10.1. The zero-order valence-corrected chi connectivity index (χ0v) is 21.7. The van der Waals surface area contributed by atoms with E-state index in [9.17, 15) is 9.90 Å². The maximum Gasteiger partial charge on any atom is 0.263 e. The Labute approximate surface area is 221 Å². The normalized spacial score (nSPS) is 15.9. The number of nitrogens with one attached hydrogen (secondary N) is 1. The third-order valence-electron chi connectivity index (χ3n) is 6.70. The van der Waals surface area contributed by atoms with E-state index in [0.717, 1.165) is 35.5 Å². The Morgan fingerprint density at radius 3 is 2.76 bits per heavy atom. The average molecular weight is 514 g/mol. The van der Waals surface area contributed by atoms with E-state index in [2.05, 4.69) is 20.3 Å². The van der Waals surface area contributed by atoms with Crippen molar-refractivity contribution in [1.82, 2.24) is 19.9 Å². The molecule has 2 aromatic heterocycles. The number of aliphatic hydroxyl groups excluding tert-OH is 1. The SMILES string of the molecule is Cc1ccc(Oc2ccc(Nc3ncnc4cccc(O[C@H](C)C(=O)N5CCCC5CO)c34)cc2C)cn1. The molecule has 0 saturated carbocycles.